The molecule has 1 aromatic heterocycles. The second-order valence-electron chi connectivity index (χ2n) is 5.30. The molecule has 0 aliphatic heterocycles. The van der Waals surface area contributed by atoms with Gasteiger partial charge < -0.3 is 9.88 Å². The Balaban J connectivity index is 1.64. The van der Waals surface area contributed by atoms with Gasteiger partial charge in [-0.3, -0.25) is 0 Å². The fourth-order valence-corrected chi connectivity index (χ4v) is 2.78. The van der Waals surface area contributed by atoms with E-state index < -0.39 is 0 Å². The van der Waals surface area contributed by atoms with Crippen LogP contribution in [0.2, 0.25) is 0 Å². The maximum Gasteiger partial charge on any atom is 0.0946 e. The molecule has 3 nitrogen and oxygen atoms in total. The molecule has 2 unspecified atom stereocenters. The molecule has 1 aromatic rings. The summed E-state index contributed by atoms with van der Waals surface area (Å²) in [5.74, 6) is 1.57. The lowest BCUT2D eigenvalue weighted by atomic mass is 9.84. The molecule has 3 heteroatoms. The van der Waals surface area contributed by atoms with Gasteiger partial charge in [0.05, 0.1) is 6.33 Å². The third-order valence-corrected chi connectivity index (χ3v) is 3.42. The Labute approximate surface area is 104 Å². The molecular formula is C14H23N3. The fourth-order valence-electron chi connectivity index (χ4n) is 2.78. The summed E-state index contributed by atoms with van der Waals surface area (Å²) in [5, 5.41) is 3.56. The zero-order chi connectivity index (χ0) is 12.1. The van der Waals surface area contributed by atoms with Crippen LogP contribution in [0, 0.1) is 11.8 Å². The molecule has 0 bridgehead atoms. The summed E-state index contributed by atoms with van der Waals surface area (Å²) in [5.41, 5.74) is 1.56. The van der Waals surface area contributed by atoms with E-state index in [2.05, 4.69) is 34.8 Å². The predicted molar refractivity (Wildman–Crippen MR) is 70.7 cm³/mol. The van der Waals surface area contributed by atoms with E-state index in [0.29, 0.717) is 0 Å². The Hall–Kier alpha value is -1.09. The first-order valence-corrected chi connectivity index (χ1v) is 6.58. The Morgan fingerprint density at radius 2 is 2.41 bits per heavy atom. The highest BCUT2D eigenvalue weighted by molar-refractivity contribution is 5.06. The monoisotopic (exact) mass is 233 g/mol. The molecule has 0 radical (unpaired) electrons. The summed E-state index contributed by atoms with van der Waals surface area (Å²) in [4.78, 5) is 4.04. The van der Waals surface area contributed by atoms with Crippen molar-refractivity contribution in [3.8, 4) is 0 Å². The molecule has 1 heterocycles. The number of nitrogens with one attached hydrogen (secondary N) is 1. The highest BCUT2D eigenvalue weighted by Crippen LogP contribution is 2.27. The van der Waals surface area contributed by atoms with Crippen molar-refractivity contribution < 1.29 is 0 Å². The highest BCUT2D eigenvalue weighted by Gasteiger charge is 2.17. The Morgan fingerprint density at radius 3 is 3.12 bits per heavy atom. The van der Waals surface area contributed by atoms with Gasteiger partial charge in [-0.05, 0) is 38.1 Å². The van der Waals surface area contributed by atoms with Gasteiger partial charge in [0, 0.05) is 25.5 Å². The van der Waals surface area contributed by atoms with Crippen LogP contribution in [0.15, 0.2) is 30.4 Å². The van der Waals surface area contributed by atoms with Crippen LogP contribution in [0.5, 0.6) is 0 Å². The van der Waals surface area contributed by atoms with Crippen LogP contribution < -0.4 is 5.32 Å². The lowest BCUT2D eigenvalue weighted by Gasteiger charge is -2.25. The van der Waals surface area contributed by atoms with Crippen molar-refractivity contribution in [3.05, 3.63) is 30.4 Å². The van der Waals surface area contributed by atoms with Crippen molar-refractivity contribution >= 4 is 0 Å². The van der Waals surface area contributed by atoms with E-state index in [-0.39, 0.29) is 0 Å². The molecule has 1 aliphatic carbocycles. The van der Waals surface area contributed by atoms with E-state index in [1.807, 2.05) is 18.7 Å². The molecule has 0 spiro atoms. The zero-order valence-electron chi connectivity index (χ0n) is 10.9. The van der Waals surface area contributed by atoms with Crippen molar-refractivity contribution in [1.82, 2.24) is 14.9 Å². The van der Waals surface area contributed by atoms with Crippen LogP contribution in [-0.4, -0.2) is 22.6 Å². The minimum atomic E-state index is 0.754. The van der Waals surface area contributed by atoms with E-state index in [1.54, 1.807) is 5.57 Å². The minimum Gasteiger partial charge on any atom is -0.336 e. The zero-order valence-corrected chi connectivity index (χ0v) is 10.9. The highest BCUT2D eigenvalue weighted by atomic mass is 15.0. The predicted octanol–water partition coefficient (Wildman–Crippen LogP) is 2.47. The van der Waals surface area contributed by atoms with Gasteiger partial charge in [-0.25, -0.2) is 4.98 Å². The van der Waals surface area contributed by atoms with Gasteiger partial charge in [-0.15, -0.1) is 0 Å². The molecule has 0 fully saturated rings. The second kappa shape index (κ2) is 6.01. The van der Waals surface area contributed by atoms with Gasteiger partial charge in [-0.1, -0.05) is 18.6 Å². The van der Waals surface area contributed by atoms with Gasteiger partial charge in [0.2, 0.25) is 0 Å². The number of nitrogens with zero attached hydrogens (tertiary/aromatic N) is 2. The van der Waals surface area contributed by atoms with Gasteiger partial charge >= 0.3 is 0 Å². The summed E-state index contributed by atoms with van der Waals surface area (Å²) in [7, 11) is 0. The van der Waals surface area contributed by atoms with Crippen molar-refractivity contribution in [2.45, 2.75) is 33.2 Å². The lowest BCUT2D eigenvalue weighted by Crippen LogP contribution is -2.28. The van der Waals surface area contributed by atoms with Crippen LogP contribution in [0.25, 0.3) is 0 Å². The number of allylic oxidation sites excluding steroid dienone is 2. The minimum absolute atomic E-state index is 0.754. The molecule has 0 saturated heterocycles. The molecule has 0 aromatic carbocycles. The van der Waals surface area contributed by atoms with Crippen LogP contribution in [0.3, 0.4) is 0 Å². The average Bonchev–Trinajstić information content (AvgIpc) is 2.76. The molecule has 94 valence electrons. The molecule has 2 rings (SSSR count). The number of imidazole rings is 1. The van der Waals surface area contributed by atoms with Crippen LogP contribution >= 0.6 is 0 Å². The second-order valence-corrected chi connectivity index (χ2v) is 5.30. The first-order chi connectivity index (χ1) is 8.24. The number of aromatic nitrogens is 2. The SMILES string of the molecule is CC1=CC(C)CC(CNCCn2ccnc2)C1. The van der Waals surface area contributed by atoms with E-state index >= 15 is 0 Å². The van der Waals surface area contributed by atoms with Crippen LogP contribution in [0.4, 0.5) is 0 Å². The molecular weight excluding hydrogens is 210 g/mol. The van der Waals surface area contributed by atoms with E-state index in [1.165, 1.54) is 12.8 Å². The first-order valence-electron chi connectivity index (χ1n) is 6.58. The molecule has 1 aliphatic rings. The first kappa shape index (κ1) is 12.4. The molecule has 2 atom stereocenters. The number of rotatable bonds is 5. The third kappa shape index (κ3) is 4.00. The normalized spacial score (nSPS) is 24.7. The number of hydrogen-bond acceptors (Lipinski definition) is 2. The summed E-state index contributed by atoms with van der Waals surface area (Å²) in [6.07, 6.45) is 10.7. The third-order valence-electron chi connectivity index (χ3n) is 3.42. The molecule has 17 heavy (non-hydrogen) atoms. The maximum atomic E-state index is 4.04. The quantitative estimate of drug-likeness (QED) is 0.625. The molecule has 0 amide bonds. The van der Waals surface area contributed by atoms with Gasteiger partial charge in [0.1, 0.15) is 0 Å². The molecule has 1 N–H and O–H groups in total. The van der Waals surface area contributed by atoms with Crippen LogP contribution in [-0.2, 0) is 6.54 Å². The van der Waals surface area contributed by atoms with Crippen LogP contribution in [0.1, 0.15) is 26.7 Å². The van der Waals surface area contributed by atoms with Crippen molar-refractivity contribution in [3.63, 3.8) is 0 Å². The van der Waals surface area contributed by atoms with Gasteiger partial charge in [0.25, 0.3) is 0 Å². The topological polar surface area (TPSA) is 29.9 Å². The summed E-state index contributed by atoms with van der Waals surface area (Å²) in [6, 6.07) is 0. The smallest absolute Gasteiger partial charge is 0.0946 e. The Morgan fingerprint density at radius 1 is 1.53 bits per heavy atom. The average molecular weight is 233 g/mol. The maximum absolute atomic E-state index is 4.04. The molecule has 0 saturated carbocycles. The summed E-state index contributed by atoms with van der Waals surface area (Å²) in [6.45, 7) is 7.76. The van der Waals surface area contributed by atoms with Gasteiger partial charge in [0.15, 0.2) is 0 Å². The summed E-state index contributed by atoms with van der Waals surface area (Å²) >= 11 is 0. The van der Waals surface area contributed by atoms with Gasteiger partial charge in [-0.2, -0.15) is 0 Å². The largest absolute Gasteiger partial charge is 0.336 e. The van der Waals surface area contributed by atoms with Crippen molar-refractivity contribution in [2.75, 3.05) is 13.1 Å². The van der Waals surface area contributed by atoms with E-state index in [0.717, 1.165) is 31.5 Å². The summed E-state index contributed by atoms with van der Waals surface area (Å²) < 4.78 is 2.11. The van der Waals surface area contributed by atoms with E-state index in [9.17, 15) is 0 Å². The number of hydrogen-bond donors (Lipinski definition) is 1. The van der Waals surface area contributed by atoms with E-state index in [4.69, 9.17) is 0 Å². The lowest BCUT2D eigenvalue weighted by molar-refractivity contribution is 0.378. The van der Waals surface area contributed by atoms with Crippen molar-refractivity contribution in [1.29, 1.82) is 0 Å². The standard InChI is InChI=1S/C14H23N3/c1-12-7-13(2)9-14(8-12)10-15-3-5-17-6-4-16-11-17/h4,6-7,11-12,14-15H,3,5,8-10H2,1-2H3. The Bertz CT molecular complexity index is 354. The Kier molecular flexibility index (Phi) is 4.37. The van der Waals surface area contributed by atoms with Crippen molar-refractivity contribution in [2.24, 2.45) is 11.8 Å². The fraction of sp³-hybridized carbons (Fsp3) is 0.643.